The summed E-state index contributed by atoms with van der Waals surface area (Å²) in [5.41, 5.74) is 7.59. The average molecular weight is 445 g/mol. The molecule has 0 bridgehead atoms. The number of nitrogens with two attached hydrogens (primary N) is 1. The van der Waals surface area contributed by atoms with Gasteiger partial charge in [-0.2, -0.15) is 0 Å². The Morgan fingerprint density at radius 1 is 1.29 bits per heavy atom. The molecule has 1 atom stereocenters. The monoisotopic (exact) mass is 444 g/mol. The van der Waals surface area contributed by atoms with Gasteiger partial charge in [-0.05, 0) is 43.2 Å². The summed E-state index contributed by atoms with van der Waals surface area (Å²) in [7, 11) is 0. The number of aliphatic hydroxyl groups excluding tert-OH is 2. The Labute approximate surface area is 183 Å². The van der Waals surface area contributed by atoms with Gasteiger partial charge in [-0.15, -0.1) is 11.3 Å². The number of thiophene rings is 1. The first kappa shape index (κ1) is 22.8. The highest BCUT2D eigenvalue weighted by Crippen LogP contribution is 2.38. The molecule has 3 rings (SSSR count). The van der Waals surface area contributed by atoms with Gasteiger partial charge in [0.1, 0.15) is 16.6 Å². The zero-order valence-corrected chi connectivity index (χ0v) is 17.9. The number of primary amides is 1. The molecule has 0 saturated heterocycles. The molecule has 1 amide bonds. The molecular formula is C22H25FN4O3S. The lowest BCUT2D eigenvalue weighted by Gasteiger charge is -2.08. The largest absolute Gasteiger partial charge is 0.395 e. The Morgan fingerprint density at radius 2 is 2.10 bits per heavy atom. The van der Waals surface area contributed by atoms with Crippen LogP contribution >= 0.6 is 11.3 Å². The fourth-order valence-corrected chi connectivity index (χ4v) is 4.18. The summed E-state index contributed by atoms with van der Waals surface area (Å²) in [6, 6.07) is 11.8. The van der Waals surface area contributed by atoms with Crippen LogP contribution in [-0.4, -0.2) is 40.4 Å². The molecule has 9 heteroatoms. The van der Waals surface area contributed by atoms with Crippen molar-refractivity contribution in [3.8, 4) is 10.4 Å². The second-order valence-corrected chi connectivity index (χ2v) is 8.18. The van der Waals surface area contributed by atoms with Crippen molar-refractivity contribution in [1.29, 1.82) is 0 Å². The second kappa shape index (κ2) is 10.5. The first-order chi connectivity index (χ1) is 14.9. The predicted octanol–water partition coefficient (Wildman–Crippen LogP) is 2.80. The van der Waals surface area contributed by atoms with Gasteiger partial charge in [0.25, 0.3) is 5.91 Å². The van der Waals surface area contributed by atoms with Gasteiger partial charge in [0, 0.05) is 23.5 Å². The van der Waals surface area contributed by atoms with Crippen molar-refractivity contribution < 1.29 is 19.4 Å². The molecule has 3 aromatic rings. The van der Waals surface area contributed by atoms with E-state index in [-0.39, 0.29) is 12.2 Å². The molecule has 31 heavy (non-hydrogen) atoms. The summed E-state index contributed by atoms with van der Waals surface area (Å²) in [6.07, 6.45) is -0.206. The molecule has 0 aliphatic rings. The number of hydrogen-bond donors (Lipinski definition) is 5. The third kappa shape index (κ3) is 6.08. The molecule has 6 N–H and O–H groups in total. The van der Waals surface area contributed by atoms with Gasteiger partial charge in [-0.3, -0.25) is 4.79 Å². The van der Waals surface area contributed by atoms with Gasteiger partial charge < -0.3 is 26.6 Å². The Balaban J connectivity index is 1.86. The number of benzene rings is 1. The van der Waals surface area contributed by atoms with E-state index in [2.05, 4.69) is 15.6 Å². The number of aromatic nitrogens is 1. The number of rotatable bonds is 10. The van der Waals surface area contributed by atoms with Crippen LogP contribution < -0.4 is 16.4 Å². The van der Waals surface area contributed by atoms with Crippen molar-refractivity contribution in [2.45, 2.75) is 26.0 Å². The van der Waals surface area contributed by atoms with Crippen LogP contribution in [0.15, 0.2) is 42.5 Å². The summed E-state index contributed by atoms with van der Waals surface area (Å²) in [4.78, 5) is 17.0. The van der Waals surface area contributed by atoms with Crippen LogP contribution in [0.5, 0.6) is 0 Å². The van der Waals surface area contributed by atoms with E-state index in [0.29, 0.717) is 46.3 Å². The molecule has 0 saturated carbocycles. The molecule has 2 heterocycles. The SMILES string of the molecule is CC(O)Cc1ccc(-c2cc(C(N)=O)c(Nc3cccc(CNCCO)n3)s2)c(F)c1. The van der Waals surface area contributed by atoms with Crippen molar-refractivity contribution in [1.82, 2.24) is 10.3 Å². The molecule has 0 aliphatic heterocycles. The summed E-state index contributed by atoms with van der Waals surface area (Å²) < 4.78 is 14.7. The molecular weight excluding hydrogens is 419 g/mol. The van der Waals surface area contributed by atoms with E-state index in [0.717, 1.165) is 5.69 Å². The Bertz CT molecular complexity index is 1050. The molecule has 0 spiro atoms. The Hall–Kier alpha value is -2.85. The van der Waals surface area contributed by atoms with E-state index < -0.39 is 17.8 Å². The Kier molecular flexibility index (Phi) is 7.69. The highest BCUT2D eigenvalue weighted by Gasteiger charge is 2.18. The number of pyridine rings is 1. The summed E-state index contributed by atoms with van der Waals surface area (Å²) >= 11 is 1.21. The number of halogens is 1. The molecule has 164 valence electrons. The van der Waals surface area contributed by atoms with Crippen LogP contribution in [0, 0.1) is 5.82 Å². The van der Waals surface area contributed by atoms with E-state index in [1.165, 1.54) is 17.4 Å². The van der Waals surface area contributed by atoms with Crippen LogP contribution in [-0.2, 0) is 13.0 Å². The number of amides is 1. The first-order valence-electron chi connectivity index (χ1n) is 9.82. The summed E-state index contributed by atoms with van der Waals surface area (Å²) in [5, 5.41) is 25.0. The van der Waals surface area contributed by atoms with Crippen LogP contribution in [0.1, 0.15) is 28.5 Å². The minimum Gasteiger partial charge on any atom is -0.395 e. The number of hydrogen-bond acceptors (Lipinski definition) is 7. The molecule has 2 aromatic heterocycles. The third-order valence-electron chi connectivity index (χ3n) is 4.47. The average Bonchev–Trinajstić information content (AvgIpc) is 3.12. The standard InChI is InChI=1S/C22H25FN4O3S/c1-13(29)9-14-5-6-16(18(23)10-14)19-11-17(21(24)30)22(31-19)27-20-4-2-3-15(26-20)12-25-7-8-28/h2-6,10-11,13,25,28-29H,7-9,12H2,1H3,(H2,24,30)(H,26,27). The van der Waals surface area contributed by atoms with Crippen molar-refractivity contribution in [2.75, 3.05) is 18.5 Å². The van der Waals surface area contributed by atoms with E-state index in [4.69, 9.17) is 10.8 Å². The first-order valence-corrected chi connectivity index (χ1v) is 10.6. The van der Waals surface area contributed by atoms with Gasteiger partial charge in [-0.25, -0.2) is 9.37 Å². The minimum absolute atomic E-state index is 0.0362. The van der Waals surface area contributed by atoms with E-state index in [1.54, 1.807) is 31.2 Å². The number of anilines is 2. The summed E-state index contributed by atoms with van der Waals surface area (Å²) in [5.74, 6) is -0.541. The Morgan fingerprint density at radius 3 is 2.77 bits per heavy atom. The van der Waals surface area contributed by atoms with Crippen LogP contribution in [0.25, 0.3) is 10.4 Å². The smallest absolute Gasteiger partial charge is 0.251 e. The van der Waals surface area contributed by atoms with Gasteiger partial charge in [0.15, 0.2) is 0 Å². The van der Waals surface area contributed by atoms with Crippen molar-refractivity contribution in [2.24, 2.45) is 5.73 Å². The lowest BCUT2D eigenvalue weighted by Crippen LogP contribution is -2.18. The van der Waals surface area contributed by atoms with Crippen molar-refractivity contribution >= 4 is 28.1 Å². The van der Waals surface area contributed by atoms with Gasteiger partial charge >= 0.3 is 0 Å². The third-order valence-corrected chi connectivity index (χ3v) is 5.55. The zero-order valence-electron chi connectivity index (χ0n) is 17.1. The molecule has 7 nitrogen and oxygen atoms in total. The predicted molar refractivity (Wildman–Crippen MR) is 120 cm³/mol. The number of aliphatic hydroxyl groups is 2. The maximum atomic E-state index is 14.7. The molecule has 0 radical (unpaired) electrons. The van der Waals surface area contributed by atoms with Crippen LogP contribution in [0.3, 0.4) is 0 Å². The summed E-state index contributed by atoms with van der Waals surface area (Å²) in [6.45, 7) is 2.63. The number of carbonyl (C=O) groups is 1. The lowest BCUT2D eigenvalue weighted by molar-refractivity contribution is 0.100. The van der Waals surface area contributed by atoms with Crippen LogP contribution in [0.4, 0.5) is 15.2 Å². The lowest BCUT2D eigenvalue weighted by atomic mass is 10.0. The molecule has 0 fully saturated rings. The molecule has 1 aromatic carbocycles. The molecule has 1 unspecified atom stereocenters. The second-order valence-electron chi connectivity index (χ2n) is 7.12. The van der Waals surface area contributed by atoms with Gasteiger partial charge in [0.05, 0.1) is 24.0 Å². The number of nitrogens with one attached hydrogen (secondary N) is 2. The van der Waals surface area contributed by atoms with E-state index in [1.807, 2.05) is 12.1 Å². The van der Waals surface area contributed by atoms with Crippen LogP contribution in [0.2, 0.25) is 0 Å². The van der Waals surface area contributed by atoms with E-state index >= 15 is 0 Å². The molecule has 0 aliphatic carbocycles. The zero-order chi connectivity index (χ0) is 22.4. The fourth-order valence-electron chi connectivity index (χ4n) is 3.09. The topological polar surface area (TPSA) is 120 Å². The normalized spacial score (nSPS) is 12.0. The highest BCUT2D eigenvalue weighted by molar-refractivity contribution is 7.19. The van der Waals surface area contributed by atoms with Gasteiger partial charge in [-0.1, -0.05) is 18.2 Å². The maximum absolute atomic E-state index is 14.7. The fraction of sp³-hybridized carbons (Fsp3) is 0.273. The maximum Gasteiger partial charge on any atom is 0.251 e. The number of nitrogens with zero attached hydrogens (tertiary/aromatic N) is 1. The highest BCUT2D eigenvalue weighted by atomic mass is 32.1. The van der Waals surface area contributed by atoms with Crippen molar-refractivity contribution in [3.05, 3.63) is 65.1 Å². The quantitative estimate of drug-likeness (QED) is 0.307. The van der Waals surface area contributed by atoms with Gasteiger partial charge in [0.2, 0.25) is 0 Å². The minimum atomic E-state index is -0.628. The number of carbonyl (C=O) groups excluding carboxylic acids is 1. The van der Waals surface area contributed by atoms with E-state index in [9.17, 15) is 14.3 Å². The van der Waals surface area contributed by atoms with Crippen molar-refractivity contribution in [3.63, 3.8) is 0 Å².